The molecule has 3 heteroatoms. The van der Waals surface area contributed by atoms with Crippen molar-refractivity contribution in [2.24, 2.45) is 5.73 Å². The minimum Gasteiger partial charge on any atom is -0.345 e. The molecule has 3 rings (SSSR count). The molecule has 1 aliphatic rings. The summed E-state index contributed by atoms with van der Waals surface area (Å²) >= 11 is 0. The normalized spacial score (nSPS) is 23.5. The summed E-state index contributed by atoms with van der Waals surface area (Å²) in [6, 6.07) is 10.7. The van der Waals surface area contributed by atoms with Gasteiger partial charge in [0, 0.05) is 23.2 Å². The average Bonchev–Trinajstić information content (AvgIpc) is 2.82. The molecule has 1 heterocycles. The van der Waals surface area contributed by atoms with E-state index in [1.54, 1.807) is 0 Å². The van der Waals surface area contributed by atoms with E-state index in [1.165, 1.54) is 18.4 Å². The van der Waals surface area contributed by atoms with Crippen molar-refractivity contribution in [2.75, 3.05) is 0 Å². The van der Waals surface area contributed by atoms with Crippen LogP contribution in [0.25, 0.3) is 11.3 Å². The Bertz CT molecular complexity index is 544. The molecule has 0 bridgehead atoms. The van der Waals surface area contributed by atoms with Gasteiger partial charge in [0.2, 0.25) is 0 Å². The molecule has 19 heavy (non-hydrogen) atoms. The number of H-pyrrole nitrogens is 1. The molecule has 1 fully saturated rings. The van der Waals surface area contributed by atoms with Crippen LogP contribution in [-0.2, 0) is 0 Å². The Morgan fingerprint density at radius 2 is 2.00 bits per heavy atom. The van der Waals surface area contributed by atoms with E-state index < -0.39 is 0 Å². The van der Waals surface area contributed by atoms with Gasteiger partial charge in [-0.25, -0.2) is 4.98 Å². The molecule has 100 valence electrons. The zero-order valence-electron chi connectivity index (χ0n) is 11.4. The van der Waals surface area contributed by atoms with Crippen LogP contribution in [-0.4, -0.2) is 16.0 Å². The second-order valence-corrected chi connectivity index (χ2v) is 5.59. The molecule has 0 amide bonds. The first-order valence-corrected chi connectivity index (χ1v) is 7.11. The molecule has 2 unspecified atom stereocenters. The predicted molar refractivity (Wildman–Crippen MR) is 77.9 cm³/mol. The second-order valence-electron chi connectivity index (χ2n) is 5.59. The Morgan fingerprint density at radius 3 is 2.74 bits per heavy atom. The number of aryl methyl sites for hydroxylation is 1. The Labute approximate surface area is 114 Å². The van der Waals surface area contributed by atoms with E-state index in [0.29, 0.717) is 12.0 Å². The van der Waals surface area contributed by atoms with Gasteiger partial charge < -0.3 is 10.7 Å². The van der Waals surface area contributed by atoms with Crippen LogP contribution in [0.5, 0.6) is 0 Å². The van der Waals surface area contributed by atoms with Gasteiger partial charge in [0.1, 0.15) is 5.82 Å². The Hall–Kier alpha value is -1.61. The molecule has 1 aliphatic carbocycles. The monoisotopic (exact) mass is 255 g/mol. The summed E-state index contributed by atoms with van der Waals surface area (Å²) in [5.74, 6) is 1.62. The number of benzene rings is 1. The number of rotatable bonds is 2. The molecule has 2 atom stereocenters. The van der Waals surface area contributed by atoms with E-state index in [1.807, 2.05) is 6.07 Å². The minimum atomic E-state index is 0.337. The summed E-state index contributed by atoms with van der Waals surface area (Å²) in [6.45, 7) is 2.10. The lowest BCUT2D eigenvalue weighted by Gasteiger charge is -2.24. The van der Waals surface area contributed by atoms with Gasteiger partial charge in [-0.15, -0.1) is 0 Å². The minimum absolute atomic E-state index is 0.337. The van der Waals surface area contributed by atoms with Gasteiger partial charge in [-0.1, -0.05) is 36.8 Å². The third kappa shape index (κ3) is 2.56. The lowest BCUT2D eigenvalue weighted by atomic mass is 9.86. The van der Waals surface area contributed by atoms with Gasteiger partial charge in [0.05, 0.1) is 5.69 Å². The van der Waals surface area contributed by atoms with Crippen molar-refractivity contribution in [3.05, 3.63) is 41.9 Å². The lowest BCUT2D eigenvalue weighted by molar-refractivity contribution is 0.383. The largest absolute Gasteiger partial charge is 0.345 e. The highest BCUT2D eigenvalue weighted by Gasteiger charge is 2.24. The molecule has 0 spiro atoms. The Balaban J connectivity index is 1.89. The molecule has 0 aliphatic heterocycles. The van der Waals surface area contributed by atoms with Crippen LogP contribution in [0.15, 0.2) is 30.3 Å². The molecular formula is C16H21N3. The number of hydrogen-bond acceptors (Lipinski definition) is 2. The van der Waals surface area contributed by atoms with E-state index >= 15 is 0 Å². The lowest BCUT2D eigenvalue weighted by Crippen LogP contribution is -2.27. The van der Waals surface area contributed by atoms with Crippen molar-refractivity contribution < 1.29 is 0 Å². The van der Waals surface area contributed by atoms with Gasteiger partial charge >= 0.3 is 0 Å². The van der Waals surface area contributed by atoms with Crippen molar-refractivity contribution in [1.29, 1.82) is 0 Å². The second kappa shape index (κ2) is 5.17. The SMILES string of the molecule is Cc1[nH]c(C2CCCC(N)C2)nc1-c1ccccc1. The van der Waals surface area contributed by atoms with Crippen molar-refractivity contribution in [1.82, 2.24) is 9.97 Å². The summed E-state index contributed by atoms with van der Waals surface area (Å²) in [4.78, 5) is 8.29. The van der Waals surface area contributed by atoms with Crippen LogP contribution < -0.4 is 5.73 Å². The van der Waals surface area contributed by atoms with Crippen LogP contribution in [0.1, 0.15) is 43.1 Å². The Kier molecular flexibility index (Phi) is 3.38. The third-order valence-corrected chi connectivity index (χ3v) is 4.05. The van der Waals surface area contributed by atoms with Crippen molar-refractivity contribution in [2.45, 2.75) is 44.6 Å². The standard InChI is InChI=1S/C16H21N3/c1-11-15(12-6-3-2-4-7-12)19-16(18-11)13-8-5-9-14(17)10-13/h2-4,6-7,13-14H,5,8-10,17H2,1H3,(H,18,19). The van der Waals surface area contributed by atoms with Gasteiger partial charge in [0.25, 0.3) is 0 Å². The molecule has 1 aromatic carbocycles. The number of imidazole rings is 1. The van der Waals surface area contributed by atoms with Crippen LogP contribution in [0.3, 0.4) is 0 Å². The summed E-state index contributed by atoms with van der Waals surface area (Å²) < 4.78 is 0. The first-order chi connectivity index (χ1) is 9.24. The number of aromatic nitrogens is 2. The summed E-state index contributed by atoms with van der Waals surface area (Å²) in [7, 11) is 0. The van der Waals surface area contributed by atoms with E-state index in [9.17, 15) is 0 Å². The van der Waals surface area contributed by atoms with Crippen molar-refractivity contribution >= 4 is 0 Å². The topological polar surface area (TPSA) is 54.7 Å². The van der Waals surface area contributed by atoms with Crippen LogP contribution in [0.4, 0.5) is 0 Å². The van der Waals surface area contributed by atoms with E-state index in [-0.39, 0.29) is 0 Å². The maximum absolute atomic E-state index is 6.08. The molecular weight excluding hydrogens is 234 g/mol. The van der Waals surface area contributed by atoms with E-state index in [4.69, 9.17) is 10.7 Å². The first kappa shape index (κ1) is 12.4. The third-order valence-electron chi connectivity index (χ3n) is 4.05. The van der Waals surface area contributed by atoms with Gasteiger partial charge in [-0.05, 0) is 26.2 Å². The number of nitrogens with one attached hydrogen (secondary N) is 1. The van der Waals surface area contributed by atoms with E-state index in [0.717, 1.165) is 30.1 Å². The van der Waals surface area contributed by atoms with Crippen LogP contribution in [0, 0.1) is 6.92 Å². The molecule has 3 nitrogen and oxygen atoms in total. The molecule has 1 saturated carbocycles. The fraction of sp³-hybridized carbons (Fsp3) is 0.438. The van der Waals surface area contributed by atoms with Gasteiger partial charge in [-0.3, -0.25) is 0 Å². The Morgan fingerprint density at radius 1 is 1.21 bits per heavy atom. The number of aromatic amines is 1. The van der Waals surface area contributed by atoms with Crippen LogP contribution in [0.2, 0.25) is 0 Å². The quantitative estimate of drug-likeness (QED) is 0.864. The fourth-order valence-electron chi connectivity index (χ4n) is 3.03. The molecule has 3 N–H and O–H groups in total. The summed E-state index contributed by atoms with van der Waals surface area (Å²) in [5, 5.41) is 0. The van der Waals surface area contributed by atoms with Gasteiger partial charge in [0.15, 0.2) is 0 Å². The first-order valence-electron chi connectivity index (χ1n) is 7.11. The maximum atomic E-state index is 6.08. The molecule has 0 radical (unpaired) electrons. The highest BCUT2D eigenvalue weighted by atomic mass is 14.9. The zero-order chi connectivity index (χ0) is 13.2. The summed E-state index contributed by atoms with van der Waals surface area (Å²) in [6.07, 6.45) is 4.63. The summed E-state index contributed by atoms with van der Waals surface area (Å²) in [5.41, 5.74) is 9.49. The fourth-order valence-corrected chi connectivity index (χ4v) is 3.03. The van der Waals surface area contributed by atoms with Crippen molar-refractivity contribution in [3.63, 3.8) is 0 Å². The smallest absolute Gasteiger partial charge is 0.110 e. The zero-order valence-corrected chi connectivity index (χ0v) is 11.4. The highest BCUT2D eigenvalue weighted by molar-refractivity contribution is 5.61. The van der Waals surface area contributed by atoms with Gasteiger partial charge in [-0.2, -0.15) is 0 Å². The molecule has 1 aromatic heterocycles. The number of nitrogens with zero attached hydrogens (tertiary/aromatic N) is 1. The van der Waals surface area contributed by atoms with Crippen LogP contribution >= 0.6 is 0 Å². The highest BCUT2D eigenvalue weighted by Crippen LogP contribution is 2.32. The molecule has 0 saturated heterocycles. The van der Waals surface area contributed by atoms with E-state index in [2.05, 4.69) is 36.2 Å². The molecule has 2 aromatic rings. The number of hydrogen-bond donors (Lipinski definition) is 2. The average molecular weight is 255 g/mol. The number of nitrogens with two attached hydrogens (primary N) is 1. The predicted octanol–water partition coefficient (Wildman–Crippen LogP) is 3.37. The maximum Gasteiger partial charge on any atom is 0.110 e. The van der Waals surface area contributed by atoms with Crippen molar-refractivity contribution in [3.8, 4) is 11.3 Å².